The second kappa shape index (κ2) is 5.29. The molecule has 82 valence electrons. The first kappa shape index (κ1) is 11.4. The smallest absolute Gasteiger partial charge is 0.316 e. The van der Waals surface area contributed by atoms with Gasteiger partial charge in [0.2, 0.25) is 0 Å². The molecule has 0 bridgehead atoms. The first-order chi connectivity index (χ1) is 7.08. The van der Waals surface area contributed by atoms with Crippen molar-refractivity contribution in [2.75, 3.05) is 13.2 Å². The zero-order chi connectivity index (χ0) is 11.3. The normalized spacial score (nSPS) is 9.80. The molecule has 0 atom stereocenters. The number of carbonyl (C=O) groups is 1. The van der Waals surface area contributed by atoms with E-state index < -0.39 is 0 Å². The van der Waals surface area contributed by atoms with Gasteiger partial charge in [0.1, 0.15) is 13.2 Å². The van der Waals surface area contributed by atoms with Crippen LogP contribution in [0.1, 0.15) is 18.3 Å². The molecular formula is C10H14N2O3. The van der Waals surface area contributed by atoms with E-state index in [4.69, 9.17) is 9.47 Å². The number of ether oxygens (including phenoxy) is 2. The first-order valence-electron chi connectivity index (χ1n) is 4.66. The Kier molecular flexibility index (Phi) is 4.03. The van der Waals surface area contributed by atoms with E-state index in [0.717, 1.165) is 11.4 Å². The number of esters is 1. The van der Waals surface area contributed by atoms with Crippen molar-refractivity contribution in [2.45, 2.75) is 20.8 Å². The molecular weight excluding hydrogens is 196 g/mol. The molecule has 5 nitrogen and oxygen atoms in total. The molecule has 0 saturated carbocycles. The van der Waals surface area contributed by atoms with Crippen LogP contribution < -0.4 is 4.74 Å². The van der Waals surface area contributed by atoms with Gasteiger partial charge in [-0.15, -0.1) is 0 Å². The molecule has 0 aromatic carbocycles. The van der Waals surface area contributed by atoms with Gasteiger partial charge in [-0.25, -0.2) is 9.97 Å². The Balaban J connectivity index is 2.40. The third-order valence-corrected chi connectivity index (χ3v) is 1.58. The maximum atomic E-state index is 10.5. The van der Waals surface area contributed by atoms with E-state index >= 15 is 0 Å². The molecule has 0 aliphatic carbocycles. The van der Waals surface area contributed by atoms with Gasteiger partial charge in [-0.3, -0.25) is 4.79 Å². The Labute approximate surface area is 88.4 Å². The summed E-state index contributed by atoms with van der Waals surface area (Å²) in [6.45, 7) is 5.57. The standard InChI is InChI=1S/C10H14N2O3/c1-7-6-8(2)12-10(11-7)15-5-4-14-9(3)13/h6H,4-5H2,1-3H3. The van der Waals surface area contributed by atoms with Gasteiger partial charge < -0.3 is 9.47 Å². The van der Waals surface area contributed by atoms with Gasteiger partial charge in [-0.1, -0.05) is 0 Å². The average molecular weight is 210 g/mol. The van der Waals surface area contributed by atoms with Crippen molar-refractivity contribution in [3.8, 4) is 6.01 Å². The summed E-state index contributed by atoms with van der Waals surface area (Å²) in [5.41, 5.74) is 1.70. The van der Waals surface area contributed by atoms with Crippen molar-refractivity contribution < 1.29 is 14.3 Å². The third-order valence-electron chi connectivity index (χ3n) is 1.58. The predicted octanol–water partition coefficient (Wildman–Crippen LogP) is 1.04. The predicted molar refractivity (Wildman–Crippen MR) is 53.6 cm³/mol. The molecule has 0 amide bonds. The molecule has 0 saturated heterocycles. The summed E-state index contributed by atoms with van der Waals surface area (Å²) in [7, 11) is 0. The van der Waals surface area contributed by atoms with Crippen molar-refractivity contribution in [3.05, 3.63) is 17.5 Å². The number of rotatable bonds is 4. The van der Waals surface area contributed by atoms with E-state index in [1.165, 1.54) is 6.92 Å². The highest BCUT2D eigenvalue weighted by atomic mass is 16.6. The van der Waals surface area contributed by atoms with Crippen molar-refractivity contribution in [1.29, 1.82) is 0 Å². The van der Waals surface area contributed by atoms with E-state index in [1.807, 2.05) is 19.9 Å². The van der Waals surface area contributed by atoms with E-state index in [9.17, 15) is 4.79 Å². The summed E-state index contributed by atoms with van der Waals surface area (Å²) in [4.78, 5) is 18.6. The SMILES string of the molecule is CC(=O)OCCOc1nc(C)cc(C)n1. The molecule has 0 radical (unpaired) electrons. The van der Waals surface area contributed by atoms with Gasteiger partial charge in [0, 0.05) is 18.3 Å². The fourth-order valence-corrected chi connectivity index (χ4v) is 1.08. The van der Waals surface area contributed by atoms with Gasteiger partial charge >= 0.3 is 12.0 Å². The minimum atomic E-state index is -0.319. The van der Waals surface area contributed by atoms with Crippen LogP contribution >= 0.6 is 0 Å². The zero-order valence-corrected chi connectivity index (χ0v) is 9.11. The average Bonchev–Trinajstić information content (AvgIpc) is 2.10. The lowest BCUT2D eigenvalue weighted by molar-refractivity contribution is -0.141. The Bertz CT molecular complexity index is 332. The van der Waals surface area contributed by atoms with Crippen LogP contribution in [0, 0.1) is 13.8 Å². The lowest BCUT2D eigenvalue weighted by Crippen LogP contribution is -2.11. The minimum absolute atomic E-state index is 0.214. The summed E-state index contributed by atoms with van der Waals surface area (Å²) in [5.74, 6) is -0.319. The van der Waals surface area contributed by atoms with Crippen LogP contribution in [-0.2, 0) is 9.53 Å². The van der Waals surface area contributed by atoms with Crippen LogP contribution in [0.4, 0.5) is 0 Å². The van der Waals surface area contributed by atoms with E-state index in [-0.39, 0.29) is 19.2 Å². The van der Waals surface area contributed by atoms with E-state index in [2.05, 4.69) is 9.97 Å². The maximum Gasteiger partial charge on any atom is 0.316 e. The highest BCUT2D eigenvalue weighted by Gasteiger charge is 2.00. The molecule has 0 aliphatic rings. The van der Waals surface area contributed by atoms with E-state index in [1.54, 1.807) is 0 Å². The molecule has 1 aromatic heterocycles. The fraction of sp³-hybridized carbons (Fsp3) is 0.500. The number of hydrogen-bond acceptors (Lipinski definition) is 5. The number of aromatic nitrogens is 2. The third kappa shape index (κ3) is 4.39. The number of hydrogen-bond donors (Lipinski definition) is 0. The van der Waals surface area contributed by atoms with Gasteiger partial charge in [0.05, 0.1) is 0 Å². The summed E-state index contributed by atoms with van der Waals surface area (Å²) in [6.07, 6.45) is 0. The van der Waals surface area contributed by atoms with Crippen LogP contribution in [0.15, 0.2) is 6.07 Å². The Morgan fingerprint density at radius 2 is 1.87 bits per heavy atom. The van der Waals surface area contributed by atoms with Crippen molar-refractivity contribution in [1.82, 2.24) is 9.97 Å². The van der Waals surface area contributed by atoms with Crippen LogP contribution in [-0.4, -0.2) is 29.2 Å². The summed E-state index contributed by atoms with van der Waals surface area (Å²) < 4.78 is 9.92. The van der Waals surface area contributed by atoms with Crippen LogP contribution in [0.25, 0.3) is 0 Å². The molecule has 1 rings (SSSR count). The zero-order valence-electron chi connectivity index (χ0n) is 9.11. The first-order valence-corrected chi connectivity index (χ1v) is 4.66. The molecule has 0 aliphatic heterocycles. The van der Waals surface area contributed by atoms with Crippen LogP contribution in [0.2, 0.25) is 0 Å². The minimum Gasteiger partial charge on any atom is -0.462 e. The Morgan fingerprint density at radius 3 is 2.40 bits per heavy atom. The van der Waals surface area contributed by atoms with Gasteiger partial charge in [0.25, 0.3) is 0 Å². The molecule has 1 aromatic rings. The van der Waals surface area contributed by atoms with Crippen molar-refractivity contribution in [3.63, 3.8) is 0 Å². The summed E-state index contributed by atoms with van der Waals surface area (Å²) >= 11 is 0. The monoisotopic (exact) mass is 210 g/mol. The maximum absolute atomic E-state index is 10.5. The van der Waals surface area contributed by atoms with Crippen molar-refractivity contribution >= 4 is 5.97 Å². The lowest BCUT2D eigenvalue weighted by atomic mass is 10.4. The largest absolute Gasteiger partial charge is 0.462 e. The number of nitrogens with zero attached hydrogens (tertiary/aromatic N) is 2. The Hall–Kier alpha value is -1.65. The molecule has 0 unspecified atom stereocenters. The summed E-state index contributed by atoms with van der Waals surface area (Å²) in [6, 6.07) is 2.18. The molecule has 15 heavy (non-hydrogen) atoms. The number of aryl methyl sites for hydroxylation is 2. The Morgan fingerprint density at radius 1 is 1.27 bits per heavy atom. The van der Waals surface area contributed by atoms with Gasteiger partial charge in [-0.05, 0) is 19.9 Å². The molecule has 5 heteroatoms. The van der Waals surface area contributed by atoms with Crippen LogP contribution in [0.5, 0.6) is 6.01 Å². The second-order valence-corrected chi connectivity index (χ2v) is 3.12. The van der Waals surface area contributed by atoms with Gasteiger partial charge in [0.15, 0.2) is 0 Å². The number of carbonyl (C=O) groups excluding carboxylic acids is 1. The van der Waals surface area contributed by atoms with Crippen molar-refractivity contribution in [2.24, 2.45) is 0 Å². The topological polar surface area (TPSA) is 61.3 Å². The van der Waals surface area contributed by atoms with Crippen LogP contribution in [0.3, 0.4) is 0 Å². The second-order valence-electron chi connectivity index (χ2n) is 3.12. The fourth-order valence-electron chi connectivity index (χ4n) is 1.08. The molecule has 0 fully saturated rings. The molecule has 0 N–H and O–H groups in total. The molecule has 0 spiro atoms. The highest BCUT2D eigenvalue weighted by molar-refractivity contribution is 5.65. The summed E-state index contributed by atoms with van der Waals surface area (Å²) in [5, 5.41) is 0. The van der Waals surface area contributed by atoms with E-state index in [0.29, 0.717) is 6.01 Å². The highest BCUT2D eigenvalue weighted by Crippen LogP contribution is 2.05. The van der Waals surface area contributed by atoms with Gasteiger partial charge in [-0.2, -0.15) is 0 Å². The lowest BCUT2D eigenvalue weighted by Gasteiger charge is -2.05. The molecule has 1 heterocycles. The quantitative estimate of drug-likeness (QED) is 0.548.